The first-order valence-electron chi connectivity index (χ1n) is 6.04. The van der Waals surface area contributed by atoms with Crippen LogP contribution in [-0.2, 0) is 36.7 Å². The normalized spacial score (nSPS) is 15.9. The molecule has 2 aromatic heterocycles. The summed E-state index contributed by atoms with van der Waals surface area (Å²) in [5.74, 6) is 0. The van der Waals surface area contributed by atoms with Crippen LogP contribution in [0.2, 0.25) is 0 Å². The summed E-state index contributed by atoms with van der Waals surface area (Å²) in [6.45, 7) is 1.52. The van der Waals surface area contributed by atoms with Crippen LogP contribution >= 0.6 is 0 Å². The van der Waals surface area contributed by atoms with Crippen molar-refractivity contribution >= 4 is 10.0 Å². The molecule has 102 valence electrons. The first kappa shape index (κ1) is 12.4. The lowest BCUT2D eigenvalue weighted by Crippen LogP contribution is -2.25. The molecule has 0 unspecified atom stereocenters. The molecule has 0 bridgehead atoms. The zero-order valence-corrected chi connectivity index (χ0v) is 11.8. The van der Waals surface area contributed by atoms with Crippen LogP contribution in [0.3, 0.4) is 0 Å². The third kappa shape index (κ3) is 2.19. The fraction of sp³-hybridized carbons (Fsp3) is 0.417. The highest BCUT2D eigenvalue weighted by Gasteiger charge is 2.31. The van der Waals surface area contributed by atoms with Crippen molar-refractivity contribution in [3.63, 3.8) is 0 Å². The molecule has 0 spiro atoms. The Morgan fingerprint density at radius 2 is 1.95 bits per heavy atom. The Morgan fingerprint density at radius 1 is 1.26 bits per heavy atom. The molecule has 0 atom stereocenters. The van der Waals surface area contributed by atoms with Gasteiger partial charge in [-0.15, -0.1) is 0 Å². The molecule has 0 aromatic carbocycles. The number of aromatic nitrogens is 3. The maximum absolute atomic E-state index is 11.6. The van der Waals surface area contributed by atoms with E-state index in [2.05, 4.69) is 5.10 Å². The molecule has 1 aliphatic heterocycles. The van der Waals surface area contributed by atoms with Crippen molar-refractivity contribution in [3.05, 3.63) is 41.5 Å². The lowest BCUT2D eigenvalue weighted by Gasteiger charge is -2.12. The van der Waals surface area contributed by atoms with E-state index in [9.17, 15) is 8.42 Å². The maximum Gasteiger partial charge on any atom is 0.211 e. The molecule has 3 heterocycles. The van der Waals surface area contributed by atoms with Crippen molar-refractivity contribution in [2.24, 2.45) is 7.05 Å². The molecule has 0 saturated carbocycles. The van der Waals surface area contributed by atoms with Crippen LogP contribution < -0.4 is 0 Å². The Kier molecular flexibility index (Phi) is 2.75. The molecular formula is C12H16N4O2S. The van der Waals surface area contributed by atoms with Crippen molar-refractivity contribution in [1.29, 1.82) is 0 Å². The largest absolute Gasteiger partial charge is 0.348 e. The summed E-state index contributed by atoms with van der Waals surface area (Å²) < 4.78 is 28.6. The first-order valence-corrected chi connectivity index (χ1v) is 7.89. The van der Waals surface area contributed by atoms with Gasteiger partial charge >= 0.3 is 0 Å². The second-order valence-electron chi connectivity index (χ2n) is 4.88. The van der Waals surface area contributed by atoms with Crippen LogP contribution in [0.5, 0.6) is 0 Å². The Balaban J connectivity index is 1.93. The molecule has 6 nitrogen and oxygen atoms in total. The van der Waals surface area contributed by atoms with E-state index in [1.165, 1.54) is 10.6 Å². The average Bonchev–Trinajstić information content (AvgIpc) is 2.99. The van der Waals surface area contributed by atoms with E-state index in [1.807, 2.05) is 36.1 Å². The Labute approximate surface area is 112 Å². The molecular weight excluding hydrogens is 264 g/mol. The van der Waals surface area contributed by atoms with Crippen LogP contribution in [0.4, 0.5) is 0 Å². The van der Waals surface area contributed by atoms with Gasteiger partial charge in [0.25, 0.3) is 0 Å². The van der Waals surface area contributed by atoms with Crippen LogP contribution in [0, 0.1) is 0 Å². The average molecular weight is 280 g/mol. The highest BCUT2D eigenvalue weighted by atomic mass is 32.2. The fourth-order valence-corrected chi connectivity index (χ4v) is 3.17. The topological polar surface area (TPSA) is 60.1 Å². The van der Waals surface area contributed by atoms with Crippen molar-refractivity contribution in [2.75, 3.05) is 6.26 Å². The molecule has 1 aliphatic rings. The van der Waals surface area contributed by atoms with E-state index < -0.39 is 10.0 Å². The summed E-state index contributed by atoms with van der Waals surface area (Å²) in [4.78, 5) is 0. The van der Waals surface area contributed by atoms with Crippen LogP contribution in [0.25, 0.3) is 0 Å². The highest BCUT2D eigenvalue weighted by molar-refractivity contribution is 7.88. The number of aryl methyl sites for hydroxylation is 1. The zero-order chi connectivity index (χ0) is 13.6. The highest BCUT2D eigenvalue weighted by Crippen LogP contribution is 2.27. The summed E-state index contributed by atoms with van der Waals surface area (Å²) in [6.07, 6.45) is 5.20. The molecule has 19 heavy (non-hydrogen) atoms. The molecule has 0 N–H and O–H groups in total. The lowest BCUT2D eigenvalue weighted by molar-refractivity contribution is 0.424. The number of nitrogens with zero attached hydrogens (tertiary/aromatic N) is 4. The van der Waals surface area contributed by atoms with Crippen molar-refractivity contribution in [3.8, 4) is 0 Å². The molecule has 3 rings (SSSR count). The van der Waals surface area contributed by atoms with E-state index in [1.54, 1.807) is 4.68 Å². The summed E-state index contributed by atoms with van der Waals surface area (Å²) in [5, 5.41) is 4.50. The summed E-state index contributed by atoms with van der Waals surface area (Å²) in [5.41, 5.74) is 2.98. The van der Waals surface area contributed by atoms with Gasteiger partial charge in [-0.2, -0.15) is 9.40 Å². The summed E-state index contributed by atoms with van der Waals surface area (Å²) >= 11 is 0. The molecule has 0 amide bonds. The second kappa shape index (κ2) is 4.21. The molecule has 0 saturated heterocycles. The fourth-order valence-electron chi connectivity index (χ4n) is 2.45. The van der Waals surface area contributed by atoms with Gasteiger partial charge in [-0.1, -0.05) is 0 Å². The summed E-state index contributed by atoms with van der Waals surface area (Å²) in [7, 11) is -1.29. The van der Waals surface area contributed by atoms with E-state index >= 15 is 0 Å². The third-order valence-corrected chi connectivity index (χ3v) is 4.68. The van der Waals surface area contributed by atoms with E-state index in [4.69, 9.17) is 0 Å². The molecule has 0 radical (unpaired) electrons. The van der Waals surface area contributed by atoms with Gasteiger partial charge in [-0.25, -0.2) is 8.42 Å². The number of sulfonamides is 1. The SMILES string of the molecule is Cn1nc(Cn2cccc2)c2c1CN(S(C)(=O)=O)C2. The minimum atomic E-state index is -3.15. The molecule has 2 aromatic rings. The van der Waals surface area contributed by atoms with Gasteiger partial charge in [0.05, 0.1) is 30.7 Å². The molecule has 0 aliphatic carbocycles. The van der Waals surface area contributed by atoms with E-state index in [-0.39, 0.29) is 0 Å². The minimum Gasteiger partial charge on any atom is -0.348 e. The van der Waals surface area contributed by atoms with Gasteiger partial charge in [0.1, 0.15) is 0 Å². The van der Waals surface area contributed by atoms with Crippen LogP contribution in [0.1, 0.15) is 17.0 Å². The number of hydrogen-bond acceptors (Lipinski definition) is 3. The van der Waals surface area contributed by atoms with Gasteiger partial charge in [0.2, 0.25) is 10.0 Å². The van der Waals surface area contributed by atoms with Gasteiger partial charge in [0, 0.05) is 31.5 Å². The van der Waals surface area contributed by atoms with Gasteiger partial charge in [-0.3, -0.25) is 4.68 Å². The third-order valence-electron chi connectivity index (χ3n) is 3.49. The van der Waals surface area contributed by atoms with Crippen molar-refractivity contribution < 1.29 is 8.42 Å². The molecule has 7 heteroatoms. The lowest BCUT2D eigenvalue weighted by atomic mass is 10.2. The zero-order valence-electron chi connectivity index (χ0n) is 10.9. The minimum absolute atomic E-state index is 0.420. The van der Waals surface area contributed by atoms with E-state index in [0.717, 1.165) is 17.0 Å². The predicted molar refractivity (Wildman–Crippen MR) is 70.8 cm³/mol. The smallest absolute Gasteiger partial charge is 0.211 e. The maximum atomic E-state index is 11.6. The number of fused-ring (bicyclic) bond motifs is 1. The Hall–Kier alpha value is -1.60. The Morgan fingerprint density at radius 3 is 2.58 bits per heavy atom. The van der Waals surface area contributed by atoms with Crippen LogP contribution in [-0.4, -0.2) is 33.3 Å². The van der Waals surface area contributed by atoms with Crippen molar-refractivity contribution in [2.45, 2.75) is 19.6 Å². The van der Waals surface area contributed by atoms with Crippen LogP contribution in [0.15, 0.2) is 24.5 Å². The predicted octanol–water partition coefficient (Wildman–Crippen LogP) is 0.545. The van der Waals surface area contributed by atoms with Crippen molar-refractivity contribution in [1.82, 2.24) is 18.7 Å². The Bertz CT molecular complexity index is 700. The molecule has 0 fully saturated rings. The number of rotatable bonds is 3. The van der Waals surface area contributed by atoms with Gasteiger partial charge in [-0.05, 0) is 12.1 Å². The summed E-state index contributed by atoms with van der Waals surface area (Å²) in [6, 6.07) is 3.93. The first-order chi connectivity index (χ1) is 8.95. The standard InChI is InChI=1S/C12H16N4O2S/c1-14-12-9-16(19(2,17)18)7-10(12)11(13-14)8-15-5-3-4-6-15/h3-6H,7-9H2,1-2H3. The second-order valence-corrected chi connectivity index (χ2v) is 6.86. The quantitative estimate of drug-likeness (QED) is 0.824. The van der Waals surface area contributed by atoms with Gasteiger partial charge in [0.15, 0.2) is 0 Å². The van der Waals surface area contributed by atoms with E-state index in [0.29, 0.717) is 19.6 Å². The number of hydrogen-bond donors (Lipinski definition) is 0. The monoisotopic (exact) mass is 280 g/mol. The van der Waals surface area contributed by atoms with Gasteiger partial charge < -0.3 is 4.57 Å².